The molecule has 32 heavy (non-hydrogen) atoms. The average molecular weight is 451 g/mol. The zero-order valence-corrected chi connectivity index (χ0v) is 18.6. The molecule has 0 bridgehead atoms. The number of rotatable bonds is 5. The first-order chi connectivity index (χ1) is 15.3. The van der Waals surface area contributed by atoms with Crippen LogP contribution in [0.3, 0.4) is 0 Å². The van der Waals surface area contributed by atoms with Gasteiger partial charge >= 0.3 is 5.91 Å². The van der Waals surface area contributed by atoms with Crippen LogP contribution in [0.2, 0.25) is 0 Å². The average Bonchev–Trinajstić information content (AvgIpc) is 3.24. The van der Waals surface area contributed by atoms with Crippen molar-refractivity contribution in [2.24, 2.45) is 0 Å². The Morgan fingerprint density at radius 3 is 2.47 bits per heavy atom. The van der Waals surface area contributed by atoms with E-state index in [0.717, 1.165) is 10.6 Å². The summed E-state index contributed by atoms with van der Waals surface area (Å²) in [4.78, 5) is 32.9. The van der Waals surface area contributed by atoms with Gasteiger partial charge in [-0.05, 0) is 62.7 Å². The van der Waals surface area contributed by atoms with Gasteiger partial charge in [0.15, 0.2) is 5.13 Å². The Labute approximate surface area is 189 Å². The lowest BCUT2D eigenvalue weighted by Crippen LogP contribution is -2.29. The smallest absolute Gasteiger partial charge is 0.301 e. The number of aliphatic hydroxyl groups is 1. The number of anilines is 1. The Hall–Kier alpha value is -3.65. The van der Waals surface area contributed by atoms with Gasteiger partial charge in [0.25, 0.3) is 5.78 Å². The van der Waals surface area contributed by atoms with Crippen LogP contribution in [0, 0.1) is 13.8 Å². The second kappa shape index (κ2) is 8.47. The highest BCUT2D eigenvalue weighted by molar-refractivity contribution is 7.16. The van der Waals surface area contributed by atoms with Crippen LogP contribution in [-0.4, -0.2) is 33.5 Å². The number of ketones is 1. The van der Waals surface area contributed by atoms with Crippen LogP contribution in [0.15, 0.2) is 54.1 Å². The first-order valence-corrected chi connectivity index (χ1v) is 10.9. The minimum atomic E-state index is -0.932. The van der Waals surface area contributed by atoms with Gasteiger partial charge in [-0.25, -0.2) is 4.98 Å². The molecular weight excluding hydrogens is 428 g/mol. The number of Topliss-reactive ketones (excluding diaryl/α,β-unsaturated/α-hetero) is 1. The maximum Gasteiger partial charge on any atom is 0.301 e. The molecule has 1 amide bonds. The molecule has 1 fully saturated rings. The second-order valence-electron chi connectivity index (χ2n) is 7.36. The summed E-state index contributed by atoms with van der Waals surface area (Å²) in [6.45, 7) is 6.08. The number of carbonyl (C=O) groups excluding carboxylic acids is 2. The van der Waals surface area contributed by atoms with Gasteiger partial charge in [-0.3, -0.25) is 14.5 Å². The Bertz CT molecular complexity index is 1210. The topological polar surface area (TPSA) is 100.0 Å². The van der Waals surface area contributed by atoms with Crippen molar-refractivity contribution in [1.82, 2.24) is 4.98 Å². The molecule has 0 spiro atoms. The third-order valence-corrected chi connectivity index (χ3v) is 6.36. The van der Waals surface area contributed by atoms with Gasteiger partial charge in [0.05, 0.1) is 23.9 Å². The van der Waals surface area contributed by atoms with Gasteiger partial charge in [0.2, 0.25) is 0 Å². The summed E-state index contributed by atoms with van der Waals surface area (Å²) in [7, 11) is 0. The van der Waals surface area contributed by atoms with Crippen LogP contribution >= 0.6 is 11.3 Å². The third-order valence-electron chi connectivity index (χ3n) is 5.29. The molecule has 1 aliphatic heterocycles. The molecule has 1 atom stereocenters. The molecule has 0 radical (unpaired) electrons. The number of ether oxygens (including phenoxy) is 1. The molecule has 3 aromatic rings. The molecule has 1 saturated heterocycles. The molecule has 2 heterocycles. The minimum Gasteiger partial charge on any atom is -0.508 e. The monoisotopic (exact) mass is 450 g/mol. The molecule has 4 rings (SSSR count). The van der Waals surface area contributed by atoms with E-state index in [1.165, 1.54) is 28.4 Å². The summed E-state index contributed by atoms with van der Waals surface area (Å²) < 4.78 is 5.43. The molecule has 1 unspecified atom stereocenters. The first-order valence-electron chi connectivity index (χ1n) is 10.1. The summed E-state index contributed by atoms with van der Waals surface area (Å²) >= 11 is 1.30. The summed E-state index contributed by atoms with van der Waals surface area (Å²) in [5, 5.41) is 21.5. The lowest BCUT2D eigenvalue weighted by atomic mass is 9.95. The number of thiazole rings is 1. The number of aromatic nitrogens is 1. The SMILES string of the molecule is CCOc1ccc(/C(O)=C2/C(=O)C(=O)N(c3nc(C)c(C)s3)C2c2cccc(O)c2)cc1. The summed E-state index contributed by atoms with van der Waals surface area (Å²) in [5.74, 6) is -1.27. The van der Waals surface area contributed by atoms with E-state index >= 15 is 0 Å². The number of aliphatic hydroxyl groups excluding tert-OH is 1. The van der Waals surface area contributed by atoms with Crippen molar-refractivity contribution in [3.8, 4) is 11.5 Å². The largest absolute Gasteiger partial charge is 0.508 e. The zero-order valence-electron chi connectivity index (χ0n) is 17.8. The number of benzene rings is 2. The fourth-order valence-electron chi connectivity index (χ4n) is 3.63. The Morgan fingerprint density at radius 1 is 1.16 bits per heavy atom. The van der Waals surface area contributed by atoms with Crippen LogP contribution in [0.25, 0.3) is 5.76 Å². The molecule has 0 aliphatic carbocycles. The van der Waals surface area contributed by atoms with E-state index in [4.69, 9.17) is 4.74 Å². The number of hydrogen-bond donors (Lipinski definition) is 2. The van der Waals surface area contributed by atoms with Gasteiger partial charge in [-0.2, -0.15) is 0 Å². The van der Waals surface area contributed by atoms with Gasteiger partial charge in [-0.1, -0.05) is 12.1 Å². The number of amides is 1. The molecule has 2 aromatic carbocycles. The summed E-state index contributed by atoms with van der Waals surface area (Å²) in [6, 6.07) is 12.0. The summed E-state index contributed by atoms with van der Waals surface area (Å²) in [5.41, 5.74) is 1.56. The van der Waals surface area contributed by atoms with Crippen molar-refractivity contribution in [2.75, 3.05) is 11.5 Å². The fourth-order valence-corrected chi connectivity index (χ4v) is 4.57. The van der Waals surface area contributed by atoms with Crippen LogP contribution < -0.4 is 9.64 Å². The summed E-state index contributed by atoms with van der Waals surface area (Å²) in [6.07, 6.45) is 0. The van der Waals surface area contributed by atoms with Crippen LogP contribution in [0.4, 0.5) is 5.13 Å². The van der Waals surface area contributed by atoms with Crippen LogP contribution in [0.5, 0.6) is 11.5 Å². The minimum absolute atomic E-state index is 0.0133. The van der Waals surface area contributed by atoms with E-state index in [-0.39, 0.29) is 17.1 Å². The second-order valence-corrected chi connectivity index (χ2v) is 8.54. The number of aromatic hydroxyl groups is 1. The number of aryl methyl sites for hydroxylation is 2. The first kappa shape index (κ1) is 21.6. The number of carbonyl (C=O) groups is 2. The number of phenols is 1. The van der Waals surface area contributed by atoms with Crippen LogP contribution in [-0.2, 0) is 9.59 Å². The van der Waals surface area contributed by atoms with Crippen molar-refractivity contribution in [2.45, 2.75) is 26.8 Å². The van der Waals surface area contributed by atoms with Gasteiger partial charge < -0.3 is 14.9 Å². The third kappa shape index (κ3) is 3.73. The quantitative estimate of drug-likeness (QED) is 0.338. The zero-order chi connectivity index (χ0) is 23.0. The van der Waals surface area contributed by atoms with E-state index in [9.17, 15) is 19.8 Å². The van der Waals surface area contributed by atoms with E-state index < -0.39 is 17.7 Å². The maximum atomic E-state index is 13.1. The highest BCUT2D eigenvalue weighted by Gasteiger charge is 2.48. The Kier molecular flexibility index (Phi) is 5.71. The van der Waals surface area contributed by atoms with Crippen molar-refractivity contribution < 1.29 is 24.5 Å². The maximum absolute atomic E-state index is 13.1. The number of nitrogens with zero attached hydrogens (tertiary/aromatic N) is 2. The fraction of sp³-hybridized carbons (Fsp3) is 0.208. The van der Waals surface area contributed by atoms with E-state index in [1.807, 2.05) is 20.8 Å². The van der Waals surface area contributed by atoms with Crippen molar-refractivity contribution in [3.63, 3.8) is 0 Å². The highest BCUT2D eigenvalue weighted by Crippen LogP contribution is 2.44. The van der Waals surface area contributed by atoms with Gasteiger partial charge in [0, 0.05) is 10.4 Å². The predicted molar refractivity (Wildman–Crippen MR) is 122 cm³/mol. The molecule has 1 aromatic heterocycles. The van der Waals surface area contributed by atoms with Gasteiger partial charge in [-0.15, -0.1) is 11.3 Å². The Balaban J connectivity index is 1.90. The van der Waals surface area contributed by atoms with Crippen LogP contribution in [0.1, 0.15) is 34.7 Å². The predicted octanol–water partition coefficient (Wildman–Crippen LogP) is 4.49. The molecule has 0 saturated carbocycles. The lowest BCUT2D eigenvalue weighted by molar-refractivity contribution is -0.132. The number of phenolic OH excluding ortho intramolecular Hbond substituents is 1. The van der Waals surface area contributed by atoms with E-state index in [2.05, 4.69) is 4.98 Å². The van der Waals surface area contributed by atoms with Gasteiger partial charge in [0.1, 0.15) is 17.3 Å². The Morgan fingerprint density at radius 2 is 1.88 bits per heavy atom. The highest BCUT2D eigenvalue weighted by atomic mass is 32.1. The molecule has 2 N–H and O–H groups in total. The lowest BCUT2D eigenvalue weighted by Gasteiger charge is -2.23. The number of hydrogen-bond acceptors (Lipinski definition) is 7. The molecule has 1 aliphatic rings. The molecule has 8 heteroatoms. The van der Waals surface area contributed by atoms with E-state index in [0.29, 0.717) is 28.6 Å². The molecular formula is C24H22N2O5S. The van der Waals surface area contributed by atoms with Crippen molar-refractivity contribution >= 4 is 33.9 Å². The molecule has 7 nitrogen and oxygen atoms in total. The molecule has 164 valence electrons. The van der Waals surface area contributed by atoms with E-state index in [1.54, 1.807) is 36.4 Å². The standard InChI is InChI=1S/C24H22N2O5S/c1-4-31-18-10-8-15(9-11-18)21(28)19-20(16-6-5-7-17(27)12-16)26(23(30)22(19)29)24-25-13(2)14(3)32-24/h5-12,20,27-28H,4H2,1-3H3/b21-19-. The van der Waals surface area contributed by atoms with Crippen molar-refractivity contribution in [3.05, 3.63) is 75.8 Å². The van der Waals surface area contributed by atoms with Crippen molar-refractivity contribution in [1.29, 1.82) is 0 Å². The normalized spacial score (nSPS) is 17.7.